The number of fused-ring (bicyclic) bond motifs is 1. The zero-order valence-corrected chi connectivity index (χ0v) is 25.4. The number of hydrogen-bond donors (Lipinski definition) is 1. The molecule has 0 radical (unpaired) electrons. The summed E-state index contributed by atoms with van der Waals surface area (Å²) in [4.78, 5) is 16.4. The van der Waals surface area contributed by atoms with Gasteiger partial charge in [-0.25, -0.2) is 31.3 Å². The van der Waals surface area contributed by atoms with Crippen molar-refractivity contribution < 1.29 is 31.1 Å². The second kappa shape index (κ2) is 11.3. The smallest absolute Gasteiger partial charge is 0.420 e. The van der Waals surface area contributed by atoms with Gasteiger partial charge < -0.3 is 19.2 Å². The second-order valence-corrected chi connectivity index (χ2v) is 12.8. The molecular weight excluding hydrogens is 616 g/mol. The third-order valence-electron chi connectivity index (χ3n) is 7.70. The van der Waals surface area contributed by atoms with Crippen LogP contribution in [0.15, 0.2) is 75.0 Å². The van der Waals surface area contributed by atoms with Gasteiger partial charge >= 0.3 is 5.76 Å². The van der Waals surface area contributed by atoms with Gasteiger partial charge in [0.2, 0.25) is 5.13 Å². The van der Waals surface area contributed by atoms with Crippen molar-refractivity contribution in [1.29, 1.82) is 0 Å². The Morgan fingerprint density at radius 1 is 1.16 bits per heavy atom. The second-order valence-electron chi connectivity index (χ2n) is 10.2. The number of ether oxygens (including phenoxy) is 2. The van der Waals surface area contributed by atoms with Crippen molar-refractivity contribution in [3.05, 3.63) is 94.0 Å². The quantitative estimate of drug-likeness (QED) is 0.236. The molecule has 0 unspecified atom stereocenters. The van der Waals surface area contributed by atoms with Crippen LogP contribution in [0.5, 0.6) is 11.5 Å². The highest BCUT2D eigenvalue weighted by Crippen LogP contribution is 2.38. The molecule has 11 nitrogen and oxygen atoms in total. The van der Waals surface area contributed by atoms with Crippen LogP contribution in [-0.4, -0.2) is 49.7 Å². The predicted octanol–water partition coefficient (Wildman–Crippen LogP) is 4.38. The zero-order valence-electron chi connectivity index (χ0n) is 23.8. The molecule has 230 valence electrons. The summed E-state index contributed by atoms with van der Waals surface area (Å²) in [6, 6.07) is 12.8. The van der Waals surface area contributed by atoms with Crippen molar-refractivity contribution in [3.63, 3.8) is 0 Å². The molecule has 1 saturated heterocycles. The monoisotopic (exact) mass is 643 g/mol. The van der Waals surface area contributed by atoms with Gasteiger partial charge in [0.25, 0.3) is 10.0 Å². The number of oxazole rings is 1. The van der Waals surface area contributed by atoms with Gasteiger partial charge in [-0.1, -0.05) is 24.3 Å². The molecule has 0 bridgehead atoms. The summed E-state index contributed by atoms with van der Waals surface area (Å²) in [5, 5.41) is 2.91. The van der Waals surface area contributed by atoms with Crippen LogP contribution in [0.3, 0.4) is 0 Å². The first-order valence-corrected chi connectivity index (χ1v) is 15.6. The third kappa shape index (κ3) is 5.00. The minimum atomic E-state index is -4.63. The van der Waals surface area contributed by atoms with Crippen LogP contribution in [-0.2, 0) is 22.2 Å². The van der Waals surface area contributed by atoms with Crippen LogP contribution in [0.1, 0.15) is 29.7 Å². The largest absolute Gasteiger partial charge is 0.497 e. The zero-order chi connectivity index (χ0) is 31.2. The first-order chi connectivity index (χ1) is 21.1. The summed E-state index contributed by atoms with van der Waals surface area (Å²) in [7, 11) is -1.72. The summed E-state index contributed by atoms with van der Waals surface area (Å²) in [6.07, 6.45) is 1.19. The summed E-state index contributed by atoms with van der Waals surface area (Å²) >= 11 is 0.805. The Hall–Kier alpha value is -4.34. The predicted molar refractivity (Wildman–Crippen MR) is 159 cm³/mol. The van der Waals surface area contributed by atoms with Crippen LogP contribution in [0.4, 0.5) is 13.9 Å². The molecule has 2 aromatic heterocycles. The van der Waals surface area contributed by atoms with E-state index in [1.807, 2.05) is 0 Å². The molecular formula is C29H27F2N5O6S2. The molecule has 0 aliphatic carbocycles. The lowest BCUT2D eigenvalue weighted by Crippen LogP contribution is -2.54. The molecule has 5 aromatic rings. The van der Waals surface area contributed by atoms with Crippen LogP contribution in [0.2, 0.25) is 0 Å². The van der Waals surface area contributed by atoms with Gasteiger partial charge in [-0.05, 0) is 30.2 Å². The normalized spacial score (nSPS) is 15.1. The number of anilines is 1. The topological polar surface area (TPSA) is 129 Å². The highest BCUT2D eigenvalue weighted by molar-refractivity contribution is 7.93. The Kier molecular flexibility index (Phi) is 7.63. The number of nitrogens with one attached hydrogen (secondary N) is 1. The van der Waals surface area contributed by atoms with Crippen LogP contribution in [0, 0.1) is 5.82 Å². The number of benzene rings is 3. The fraction of sp³-hybridized carbons (Fsp3) is 0.276. The Morgan fingerprint density at radius 2 is 1.93 bits per heavy atom. The number of alkyl halides is 1. The van der Waals surface area contributed by atoms with Crippen molar-refractivity contribution >= 4 is 37.8 Å². The average molecular weight is 644 g/mol. The fourth-order valence-electron chi connectivity index (χ4n) is 5.33. The lowest BCUT2D eigenvalue weighted by atomic mass is 9.84. The van der Waals surface area contributed by atoms with Crippen molar-refractivity contribution in [2.75, 3.05) is 31.6 Å². The molecule has 1 atom stereocenters. The van der Waals surface area contributed by atoms with E-state index >= 15 is 8.78 Å². The van der Waals surface area contributed by atoms with Crippen molar-refractivity contribution in [2.45, 2.75) is 30.1 Å². The van der Waals surface area contributed by atoms with E-state index in [4.69, 9.17) is 13.9 Å². The molecule has 1 N–H and O–H groups in total. The molecule has 1 fully saturated rings. The Labute approximate surface area is 254 Å². The third-order valence-corrected chi connectivity index (χ3v) is 10.3. The van der Waals surface area contributed by atoms with Gasteiger partial charge in [0.05, 0.1) is 32.3 Å². The lowest BCUT2D eigenvalue weighted by Gasteiger charge is -2.37. The van der Waals surface area contributed by atoms with Gasteiger partial charge in [-0.15, -0.1) is 0 Å². The summed E-state index contributed by atoms with van der Waals surface area (Å²) in [6.45, 7) is 1.65. The van der Waals surface area contributed by atoms with Crippen molar-refractivity contribution in [2.24, 2.45) is 0 Å². The van der Waals surface area contributed by atoms with Gasteiger partial charge in [0.15, 0.2) is 11.3 Å². The molecule has 3 heterocycles. The van der Waals surface area contributed by atoms with Crippen LogP contribution < -0.4 is 24.9 Å². The maximum absolute atomic E-state index is 15.9. The van der Waals surface area contributed by atoms with Gasteiger partial charge in [0, 0.05) is 48.4 Å². The van der Waals surface area contributed by atoms with Crippen LogP contribution in [0.25, 0.3) is 11.1 Å². The standard InChI is InChI=1S/C29H27F2N5O6S2/c1-17(20-6-4-5-7-21(20)29(31)14-32-15-29)36-23-11-22(30)26(12-25(23)42-28(36)37)44(38,39)35(27-33-16-34-43-27)13-18-8-9-19(40-2)10-24(18)41-3/h4-12,16-17,32H,13-15H2,1-3H3/t17-/m1/s1. The number of sulfonamides is 1. The van der Waals surface area contributed by atoms with E-state index in [9.17, 15) is 13.2 Å². The van der Waals surface area contributed by atoms with Crippen LogP contribution >= 0.6 is 11.5 Å². The van der Waals surface area contributed by atoms with Crippen molar-refractivity contribution in [3.8, 4) is 11.5 Å². The summed E-state index contributed by atoms with van der Waals surface area (Å²) < 4.78 is 81.6. The maximum Gasteiger partial charge on any atom is 0.420 e. The van der Waals surface area contributed by atoms with Gasteiger partial charge in [0.1, 0.15) is 28.5 Å². The molecule has 3 aromatic carbocycles. The minimum absolute atomic E-state index is 0.0164. The molecule has 0 saturated carbocycles. The summed E-state index contributed by atoms with van der Waals surface area (Å²) in [5.41, 5.74) is -0.359. The molecule has 1 aliphatic rings. The van der Waals surface area contributed by atoms with Gasteiger partial charge in [-0.3, -0.25) is 4.57 Å². The van der Waals surface area contributed by atoms with E-state index < -0.39 is 38.2 Å². The number of nitrogens with zero attached hydrogens (tertiary/aromatic N) is 4. The number of methoxy groups -OCH3 is 2. The molecule has 44 heavy (non-hydrogen) atoms. The first-order valence-electron chi connectivity index (χ1n) is 13.4. The number of rotatable bonds is 10. The van der Waals surface area contributed by atoms with E-state index in [0.717, 1.165) is 28.0 Å². The van der Waals surface area contributed by atoms with E-state index in [0.29, 0.717) is 28.2 Å². The molecule has 6 rings (SSSR count). The van der Waals surface area contributed by atoms with Gasteiger partial charge in [-0.2, -0.15) is 4.37 Å². The number of hydrogen-bond acceptors (Lipinski definition) is 10. The Balaban J connectivity index is 1.43. The van der Waals surface area contributed by atoms with Crippen molar-refractivity contribution in [1.82, 2.24) is 19.2 Å². The van der Waals surface area contributed by atoms with E-state index in [1.54, 1.807) is 49.4 Å². The fourth-order valence-corrected chi connectivity index (χ4v) is 7.53. The molecule has 15 heteroatoms. The Morgan fingerprint density at radius 3 is 2.59 bits per heavy atom. The molecule has 1 aliphatic heterocycles. The SMILES string of the molecule is COc1ccc(CN(c2ncns2)S(=O)(=O)c2cc3oc(=O)n([C@H](C)c4ccccc4C4(F)CNC4)c3cc2F)c(OC)c1. The average Bonchev–Trinajstić information content (AvgIpc) is 3.65. The maximum atomic E-state index is 15.9. The minimum Gasteiger partial charge on any atom is -0.497 e. The Bertz CT molecular complexity index is 2010. The van der Waals surface area contributed by atoms with E-state index in [2.05, 4.69) is 14.7 Å². The molecule has 0 spiro atoms. The van der Waals surface area contributed by atoms with E-state index in [1.165, 1.54) is 25.1 Å². The molecule has 0 amide bonds. The highest BCUT2D eigenvalue weighted by atomic mass is 32.2. The highest BCUT2D eigenvalue weighted by Gasteiger charge is 2.41. The summed E-state index contributed by atoms with van der Waals surface area (Å²) in [5.74, 6) is -1.13. The van der Waals surface area contributed by atoms with E-state index in [-0.39, 0.29) is 35.9 Å². The lowest BCUT2D eigenvalue weighted by molar-refractivity contribution is 0.0875. The number of halogens is 2. The first kappa shape index (κ1) is 29.7. The number of aromatic nitrogens is 3.